The molecule has 0 radical (unpaired) electrons. The summed E-state index contributed by atoms with van der Waals surface area (Å²) in [6.07, 6.45) is 0. The highest BCUT2D eigenvalue weighted by atomic mass is 35.5. The van der Waals surface area contributed by atoms with E-state index in [-0.39, 0.29) is 5.41 Å². The van der Waals surface area contributed by atoms with Crippen molar-refractivity contribution in [1.82, 2.24) is 0 Å². The molecule has 3 heteroatoms. The van der Waals surface area contributed by atoms with E-state index in [9.17, 15) is 0 Å². The van der Waals surface area contributed by atoms with Crippen molar-refractivity contribution in [2.45, 2.75) is 25.9 Å². The monoisotopic (exact) mass is 313 g/mol. The van der Waals surface area contributed by atoms with E-state index in [4.69, 9.17) is 16.3 Å². The lowest BCUT2D eigenvalue weighted by atomic mass is 9.84. The highest BCUT2D eigenvalue weighted by Crippen LogP contribution is 2.47. The maximum Gasteiger partial charge on any atom is 0.120 e. The minimum Gasteiger partial charge on any atom is -0.489 e. The van der Waals surface area contributed by atoms with Crippen LogP contribution in [0.3, 0.4) is 0 Å². The van der Waals surface area contributed by atoms with Gasteiger partial charge in [-0.3, -0.25) is 0 Å². The number of likely N-dealkylation sites (N-methyl/N-ethyl adjacent to an activating group) is 1. The van der Waals surface area contributed by atoms with E-state index < -0.39 is 0 Å². The van der Waals surface area contributed by atoms with Crippen LogP contribution < -0.4 is 9.64 Å². The number of nitrogens with zero attached hydrogens (tertiary/aromatic N) is 1. The molecule has 0 spiro atoms. The van der Waals surface area contributed by atoms with Crippen LogP contribution in [-0.2, 0) is 12.0 Å². The highest BCUT2D eigenvalue weighted by Gasteiger charge is 2.37. The Kier molecular flexibility index (Phi) is 3.65. The highest BCUT2D eigenvalue weighted by molar-refractivity contribution is 6.30. The molecule has 2 aromatic carbocycles. The second kappa shape index (κ2) is 5.36. The molecule has 1 heterocycles. The first kappa shape index (κ1) is 15.0. The maximum atomic E-state index is 5.93. The third kappa shape index (κ3) is 2.48. The summed E-state index contributed by atoms with van der Waals surface area (Å²) in [5.41, 5.74) is 4.61. The summed E-state index contributed by atoms with van der Waals surface area (Å²) in [5.74, 6) is 0.880. The number of allylic oxidation sites excluding steroid dienone is 1. The van der Waals surface area contributed by atoms with E-state index >= 15 is 0 Å². The van der Waals surface area contributed by atoms with Crippen molar-refractivity contribution in [3.63, 3.8) is 0 Å². The largest absolute Gasteiger partial charge is 0.489 e. The molecule has 2 aromatic rings. The van der Waals surface area contributed by atoms with Gasteiger partial charge in [0.05, 0.1) is 0 Å². The Morgan fingerprint density at radius 3 is 2.50 bits per heavy atom. The second-order valence-corrected chi connectivity index (χ2v) is 6.66. The Hall–Kier alpha value is -1.93. The van der Waals surface area contributed by atoms with Crippen LogP contribution in [0.1, 0.15) is 25.0 Å². The molecule has 22 heavy (non-hydrogen) atoms. The SMILES string of the molecule is C=C1N(C)c2ccc(OCc3ccc(Cl)cc3)cc2C1(C)C. The topological polar surface area (TPSA) is 12.5 Å². The number of benzene rings is 2. The second-order valence-electron chi connectivity index (χ2n) is 6.22. The molecule has 0 aromatic heterocycles. The summed E-state index contributed by atoms with van der Waals surface area (Å²) >= 11 is 5.90. The number of halogens is 1. The predicted octanol–water partition coefficient (Wildman–Crippen LogP) is 5.16. The van der Waals surface area contributed by atoms with E-state index in [2.05, 4.69) is 44.5 Å². The zero-order valence-electron chi connectivity index (χ0n) is 13.2. The van der Waals surface area contributed by atoms with Crippen LogP contribution in [0.5, 0.6) is 5.75 Å². The molecule has 0 bridgehead atoms. The van der Waals surface area contributed by atoms with E-state index in [1.165, 1.54) is 11.3 Å². The number of anilines is 1. The Morgan fingerprint density at radius 1 is 1.14 bits per heavy atom. The third-order valence-electron chi connectivity index (χ3n) is 4.45. The summed E-state index contributed by atoms with van der Waals surface area (Å²) in [5, 5.41) is 0.740. The molecule has 0 saturated heterocycles. The van der Waals surface area contributed by atoms with Gasteiger partial charge >= 0.3 is 0 Å². The number of hydrogen-bond acceptors (Lipinski definition) is 2. The molecule has 2 nitrogen and oxygen atoms in total. The molecule has 0 fully saturated rings. The molecule has 3 rings (SSSR count). The van der Waals surface area contributed by atoms with Crippen molar-refractivity contribution in [3.05, 3.63) is 70.9 Å². The van der Waals surface area contributed by atoms with E-state index in [1.807, 2.05) is 30.3 Å². The third-order valence-corrected chi connectivity index (χ3v) is 4.70. The van der Waals surface area contributed by atoms with Gasteiger partial charge in [-0.1, -0.05) is 44.2 Å². The van der Waals surface area contributed by atoms with Gasteiger partial charge in [-0.2, -0.15) is 0 Å². The van der Waals surface area contributed by atoms with E-state index in [0.29, 0.717) is 6.61 Å². The van der Waals surface area contributed by atoms with Crippen molar-refractivity contribution in [2.75, 3.05) is 11.9 Å². The molecule has 0 aliphatic carbocycles. The van der Waals surface area contributed by atoms with Gasteiger partial charge < -0.3 is 9.64 Å². The van der Waals surface area contributed by atoms with Crippen molar-refractivity contribution in [1.29, 1.82) is 0 Å². The van der Waals surface area contributed by atoms with Crippen LogP contribution in [0.15, 0.2) is 54.7 Å². The molecule has 0 saturated carbocycles. The van der Waals surface area contributed by atoms with Crippen LogP contribution >= 0.6 is 11.6 Å². The smallest absolute Gasteiger partial charge is 0.120 e. The lowest BCUT2D eigenvalue weighted by Gasteiger charge is -2.22. The number of fused-ring (bicyclic) bond motifs is 1. The summed E-state index contributed by atoms with van der Waals surface area (Å²) in [7, 11) is 2.06. The molecule has 0 unspecified atom stereocenters. The number of hydrogen-bond donors (Lipinski definition) is 0. The van der Waals surface area contributed by atoms with Gasteiger partial charge in [-0.25, -0.2) is 0 Å². The van der Waals surface area contributed by atoms with Crippen molar-refractivity contribution in [2.24, 2.45) is 0 Å². The Labute approximate surface area is 137 Å². The standard InChI is InChI=1S/C19H20ClNO/c1-13-19(2,3)17-11-16(9-10-18(17)21(13)4)22-12-14-5-7-15(20)8-6-14/h5-11H,1,12H2,2-4H3. The average Bonchev–Trinajstić information content (AvgIpc) is 2.68. The molecule has 0 atom stereocenters. The first-order valence-electron chi connectivity index (χ1n) is 7.34. The van der Waals surface area contributed by atoms with Gasteiger partial charge in [-0.05, 0) is 41.5 Å². The maximum absolute atomic E-state index is 5.93. The fourth-order valence-corrected chi connectivity index (χ4v) is 2.99. The van der Waals surface area contributed by atoms with Gasteiger partial charge in [-0.15, -0.1) is 0 Å². The van der Waals surface area contributed by atoms with Crippen LogP contribution in [0.25, 0.3) is 0 Å². The first-order valence-corrected chi connectivity index (χ1v) is 7.72. The van der Waals surface area contributed by atoms with Crippen LogP contribution in [0, 0.1) is 0 Å². The summed E-state index contributed by atoms with van der Waals surface area (Å²) in [6, 6.07) is 14.0. The van der Waals surface area contributed by atoms with Gasteiger partial charge in [0.25, 0.3) is 0 Å². The Morgan fingerprint density at radius 2 is 1.82 bits per heavy atom. The Bertz CT molecular complexity index is 719. The molecule has 1 aliphatic rings. The fourth-order valence-electron chi connectivity index (χ4n) is 2.87. The van der Waals surface area contributed by atoms with Crippen LogP contribution in [-0.4, -0.2) is 7.05 Å². The average molecular weight is 314 g/mol. The molecule has 1 aliphatic heterocycles. The van der Waals surface area contributed by atoms with E-state index in [1.54, 1.807) is 0 Å². The minimum absolute atomic E-state index is 0.0657. The van der Waals surface area contributed by atoms with Crippen molar-refractivity contribution in [3.8, 4) is 5.75 Å². The van der Waals surface area contributed by atoms with Gasteiger partial charge in [0.15, 0.2) is 0 Å². The van der Waals surface area contributed by atoms with Crippen LogP contribution in [0.4, 0.5) is 5.69 Å². The lowest BCUT2D eigenvalue weighted by molar-refractivity contribution is 0.305. The van der Waals surface area contributed by atoms with Crippen LogP contribution in [0.2, 0.25) is 5.02 Å². The van der Waals surface area contributed by atoms with Crippen molar-refractivity contribution < 1.29 is 4.74 Å². The molecular formula is C19H20ClNO. The molecule has 0 amide bonds. The number of ether oxygens (including phenoxy) is 1. The quantitative estimate of drug-likeness (QED) is 0.776. The summed E-state index contributed by atoms with van der Waals surface area (Å²) in [4.78, 5) is 2.15. The predicted molar refractivity (Wildman–Crippen MR) is 92.8 cm³/mol. The Balaban J connectivity index is 1.81. The van der Waals surface area contributed by atoms with Gasteiger partial charge in [0.1, 0.15) is 12.4 Å². The summed E-state index contributed by atoms with van der Waals surface area (Å²) < 4.78 is 5.93. The summed E-state index contributed by atoms with van der Waals surface area (Å²) in [6.45, 7) is 9.13. The molecular weight excluding hydrogens is 294 g/mol. The number of rotatable bonds is 3. The zero-order chi connectivity index (χ0) is 15.9. The molecule has 114 valence electrons. The molecule has 0 N–H and O–H groups in total. The van der Waals surface area contributed by atoms with Crippen molar-refractivity contribution >= 4 is 17.3 Å². The minimum atomic E-state index is -0.0657. The lowest BCUT2D eigenvalue weighted by Crippen LogP contribution is -2.21. The van der Waals surface area contributed by atoms with Gasteiger partial charge in [0, 0.05) is 28.9 Å². The van der Waals surface area contributed by atoms with Gasteiger partial charge in [0.2, 0.25) is 0 Å². The zero-order valence-corrected chi connectivity index (χ0v) is 13.9. The first-order chi connectivity index (χ1) is 10.4. The normalized spacial score (nSPS) is 15.8. The van der Waals surface area contributed by atoms with E-state index in [0.717, 1.165) is 22.0 Å². The fraction of sp³-hybridized carbons (Fsp3) is 0.263.